The molecule has 11 nitrogen and oxygen atoms in total. The van der Waals surface area contributed by atoms with E-state index in [1.807, 2.05) is 0 Å². The molecule has 1 aliphatic heterocycles. The number of hydrogen-bond donors (Lipinski definition) is 1. The van der Waals surface area contributed by atoms with Crippen molar-refractivity contribution in [3.05, 3.63) is 40.8 Å². The molecule has 1 aromatic carbocycles. The number of nitrogens with zero attached hydrogens (tertiary/aromatic N) is 5. The zero-order chi connectivity index (χ0) is 24.8. The van der Waals surface area contributed by atoms with Crippen LogP contribution in [0.2, 0.25) is 0 Å². The number of halogens is 3. The van der Waals surface area contributed by atoms with E-state index in [0.29, 0.717) is 9.83 Å². The number of thiazole rings is 1. The van der Waals surface area contributed by atoms with Crippen molar-refractivity contribution in [1.82, 2.24) is 19.1 Å². The molecule has 16 heteroatoms. The lowest BCUT2D eigenvalue weighted by molar-refractivity contribution is -0.274. The molecule has 182 valence electrons. The normalized spacial score (nSPS) is 17.8. The van der Waals surface area contributed by atoms with Crippen LogP contribution < -0.4 is 15.2 Å². The van der Waals surface area contributed by atoms with Gasteiger partial charge in [-0.15, -0.1) is 13.2 Å². The molecule has 4 rings (SSSR count). The fourth-order valence-electron chi connectivity index (χ4n) is 3.42. The Morgan fingerprint density at radius 2 is 1.91 bits per heavy atom. The Labute approximate surface area is 193 Å². The number of ether oxygens (including phenoxy) is 1. The zero-order valence-corrected chi connectivity index (χ0v) is 18.9. The molecule has 1 N–H and O–H groups in total. The van der Waals surface area contributed by atoms with Crippen LogP contribution in [-0.4, -0.2) is 70.6 Å². The largest absolute Gasteiger partial charge is 0.573 e. The average molecular weight is 519 g/mol. The van der Waals surface area contributed by atoms with Crippen molar-refractivity contribution in [2.75, 3.05) is 24.5 Å². The number of aryl methyl sites for hydroxylation is 1. The van der Waals surface area contributed by atoms with Gasteiger partial charge in [-0.25, -0.2) is 18.1 Å². The van der Waals surface area contributed by atoms with Crippen molar-refractivity contribution in [3.63, 3.8) is 0 Å². The number of carboxylic acids is 1. The maximum atomic E-state index is 13.1. The quantitative estimate of drug-likeness (QED) is 0.528. The van der Waals surface area contributed by atoms with Gasteiger partial charge in [0.1, 0.15) is 11.8 Å². The molecule has 3 aromatic rings. The van der Waals surface area contributed by atoms with E-state index >= 15 is 0 Å². The first-order chi connectivity index (χ1) is 15.9. The lowest BCUT2D eigenvalue weighted by atomic mass is 10.2. The molecule has 0 amide bonds. The number of sulfonamides is 1. The second-order valence-electron chi connectivity index (χ2n) is 7.22. The van der Waals surface area contributed by atoms with Crippen LogP contribution in [0.25, 0.3) is 10.2 Å². The minimum Gasteiger partial charge on any atom is -0.480 e. The van der Waals surface area contributed by atoms with Crippen LogP contribution in [0.5, 0.6) is 5.75 Å². The topological polar surface area (TPSA) is 135 Å². The predicted octanol–water partition coefficient (Wildman–Crippen LogP) is 1.25. The SMILES string of the molecule is Cn1ncc2sc(N3CCN(S(=O)(=O)c4ccc(OC(F)(F)F)cc4)[C@@H](C(=O)O)C3)nc2c1=O. The summed E-state index contributed by atoms with van der Waals surface area (Å²) in [5, 5.41) is 14.0. The number of anilines is 1. The Balaban J connectivity index is 1.59. The predicted molar refractivity (Wildman–Crippen MR) is 113 cm³/mol. The summed E-state index contributed by atoms with van der Waals surface area (Å²) >= 11 is 1.12. The Hall–Kier alpha value is -3.24. The first kappa shape index (κ1) is 23.9. The third kappa shape index (κ3) is 4.55. The van der Waals surface area contributed by atoms with Gasteiger partial charge in [-0.05, 0) is 24.3 Å². The van der Waals surface area contributed by atoms with Crippen molar-refractivity contribution in [2.24, 2.45) is 7.05 Å². The second kappa shape index (κ2) is 8.52. The molecule has 2 aromatic heterocycles. The summed E-state index contributed by atoms with van der Waals surface area (Å²) in [5.41, 5.74) is -0.255. The van der Waals surface area contributed by atoms with E-state index in [4.69, 9.17) is 0 Å². The van der Waals surface area contributed by atoms with Gasteiger partial charge in [0.15, 0.2) is 10.6 Å². The molecular weight excluding hydrogens is 503 g/mol. The number of hydrogen-bond acceptors (Lipinski definition) is 9. The summed E-state index contributed by atoms with van der Waals surface area (Å²) in [6.45, 7) is -0.407. The Morgan fingerprint density at radius 3 is 2.53 bits per heavy atom. The number of alkyl halides is 3. The molecule has 1 saturated heterocycles. The minimum absolute atomic E-state index is 0.0752. The smallest absolute Gasteiger partial charge is 0.480 e. The summed E-state index contributed by atoms with van der Waals surface area (Å²) in [4.78, 5) is 29.6. The fourth-order valence-corrected chi connectivity index (χ4v) is 5.94. The van der Waals surface area contributed by atoms with E-state index in [0.717, 1.165) is 44.6 Å². The first-order valence-corrected chi connectivity index (χ1v) is 11.8. The summed E-state index contributed by atoms with van der Waals surface area (Å²) in [6, 6.07) is 2.00. The van der Waals surface area contributed by atoms with Crippen LogP contribution in [-0.2, 0) is 21.9 Å². The monoisotopic (exact) mass is 519 g/mol. The standard InChI is InChI=1S/C18H16F3N5O6S2/c1-24-15(27)14-13(8-22-24)33-17(23-14)25-6-7-26(12(9-25)16(28)29)34(30,31)11-4-2-10(3-5-11)32-18(19,20)21/h2-5,8,12H,6-7,9H2,1H3,(H,28,29)/t12-/m1/s1. The summed E-state index contributed by atoms with van der Waals surface area (Å²) in [7, 11) is -2.89. The van der Waals surface area contributed by atoms with Crippen LogP contribution in [0.4, 0.5) is 18.3 Å². The van der Waals surface area contributed by atoms with E-state index in [9.17, 15) is 36.3 Å². The van der Waals surface area contributed by atoms with Crippen molar-refractivity contribution in [2.45, 2.75) is 17.3 Å². The van der Waals surface area contributed by atoms with Crippen molar-refractivity contribution in [1.29, 1.82) is 0 Å². The van der Waals surface area contributed by atoms with Crippen LogP contribution in [0.15, 0.2) is 40.2 Å². The van der Waals surface area contributed by atoms with Gasteiger partial charge >= 0.3 is 12.3 Å². The van der Waals surface area contributed by atoms with E-state index in [1.54, 1.807) is 4.90 Å². The molecule has 0 spiro atoms. The summed E-state index contributed by atoms with van der Waals surface area (Å²) < 4.78 is 69.3. The third-order valence-electron chi connectivity index (χ3n) is 5.04. The highest BCUT2D eigenvalue weighted by Gasteiger charge is 2.41. The number of rotatable bonds is 5. The number of piperazine rings is 1. The van der Waals surface area contributed by atoms with Gasteiger partial charge in [-0.3, -0.25) is 9.59 Å². The Kier molecular flexibility index (Phi) is 5.99. The van der Waals surface area contributed by atoms with Crippen LogP contribution in [0.3, 0.4) is 0 Å². The van der Waals surface area contributed by atoms with E-state index in [2.05, 4.69) is 14.8 Å². The molecule has 1 fully saturated rings. The van der Waals surface area contributed by atoms with E-state index in [1.165, 1.54) is 13.2 Å². The van der Waals surface area contributed by atoms with Gasteiger partial charge in [0.25, 0.3) is 5.56 Å². The van der Waals surface area contributed by atoms with Crippen molar-refractivity contribution >= 4 is 42.7 Å². The van der Waals surface area contributed by atoms with Gasteiger partial charge < -0.3 is 14.7 Å². The lowest BCUT2D eigenvalue weighted by Gasteiger charge is -2.38. The molecule has 0 unspecified atom stereocenters. The maximum Gasteiger partial charge on any atom is 0.573 e. The molecule has 0 bridgehead atoms. The van der Waals surface area contributed by atoms with E-state index < -0.39 is 39.7 Å². The number of fused-ring (bicyclic) bond motifs is 1. The van der Waals surface area contributed by atoms with Gasteiger partial charge in [-0.2, -0.15) is 9.40 Å². The molecule has 3 heterocycles. The average Bonchev–Trinajstić information content (AvgIpc) is 3.20. The number of carboxylic acid groups (broad SMARTS) is 1. The van der Waals surface area contributed by atoms with Gasteiger partial charge in [0.05, 0.1) is 15.8 Å². The van der Waals surface area contributed by atoms with Crippen molar-refractivity contribution < 1.29 is 36.2 Å². The Bertz CT molecular complexity index is 1400. The van der Waals surface area contributed by atoms with Crippen LogP contribution >= 0.6 is 11.3 Å². The Morgan fingerprint density at radius 1 is 1.24 bits per heavy atom. The molecule has 1 aliphatic rings. The molecule has 0 saturated carbocycles. The number of aliphatic carboxylic acids is 1. The highest BCUT2D eigenvalue weighted by atomic mass is 32.2. The molecule has 0 radical (unpaired) electrons. The van der Waals surface area contributed by atoms with Crippen LogP contribution in [0, 0.1) is 0 Å². The van der Waals surface area contributed by atoms with Gasteiger partial charge in [0, 0.05) is 26.7 Å². The molecule has 0 aliphatic carbocycles. The number of carbonyl (C=O) groups is 1. The fraction of sp³-hybridized carbons (Fsp3) is 0.333. The van der Waals surface area contributed by atoms with Gasteiger partial charge in [-0.1, -0.05) is 11.3 Å². The minimum atomic E-state index is -4.94. The first-order valence-electron chi connectivity index (χ1n) is 9.55. The maximum absolute atomic E-state index is 13.1. The van der Waals surface area contributed by atoms with E-state index in [-0.39, 0.29) is 30.0 Å². The highest BCUT2D eigenvalue weighted by molar-refractivity contribution is 7.89. The lowest BCUT2D eigenvalue weighted by Crippen LogP contribution is -2.58. The van der Waals surface area contributed by atoms with Crippen LogP contribution in [0.1, 0.15) is 0 Å². The molecule has 34 heavy (non-hydrogen) atoms. The summed E-state index contributed by atoms with van der Waals surface area (Å²) in [5.74, 6) is -2.02. The van der Waals surface area contributed by atoms with Gasteiger partial charge in [0.2, 0.25) is 10.0 Å². The second-order valence-corrected chi connectivity index (χ2v) is 10.1. The third-order valence-corrected chi connectivity index (χ3v) is 8.01. The summed E-state index contributed by atoms with van der Waals surface area (Å²) in [6.07, 6.45) is -3.48. The van der Waals surface area contributed by atoms with Crippen molar-refractivity contribution in [3.8, 4) is 5.75 Å². The number of benzene rings is 1. The molecule has 1 atom stereocenters. The molecular formula is C18H16F3N5O6S2. The number of aromatic nitrogens is 3. The zero-order valence-electron chi connectivity index (χ0n) is 17.3. The highest BCUT2D eigenvalue weighted by Crippen LogP contribution is 2.31.